The molecule has 0 saturated carbocycles. The van der Waals surface area contributed by atoms with E-state index in [2.05, 4.69) is 23.5 Å². The van der Waals surface area contributed by atoms with E-state index in [1.807, 2.05) is 30.3 Å². The number of hydrogen-bond acceptors (Lipinski definition) is 3. The molecule has 180 valence electrons. The third kappa shape index (κ3) is 4.68. The fourth-order valence-corrected chi connectivity index (χ4v) is 4.89. The molecule has 0 spiro atoms. The Balaban J connectivity index is 1.46. The van der Waals surface area contributed by atoms with E-state index in [9.17, 15) is 9.59 Å². The minimum absolute atomic E-state index is 0.156. The summed E-state index contributed by atoms with van der Waals surface area (Å²) in [5.74, 6) is -0.203. The summed E-state index contributed by atoms with van der Waals surface area (Å²) >= 11 is 12.1. The number of methoxy groups -OCH3 is 1. The van der Waals surface area contributed by atoms with Crippen LogP contribution in [0.2, 0.25) is 10.0 Å². The van der Waals surface area contributed by atoms with Gasteiger partial charge in [-0.25, -0.2) is 0 Å². The summed E-state index contributed by atoms with van der Waals surface area (Å²) in [6.07, 6.45) is 0.762. The van der Waals surface area contributed by atoms with Crippen LogP contribution < -0.4 is 15.0 Å². The molecule has 1 heterocycles. The van der Waals surface area contributed by atoms with Crippen LogP contribution in [0.1, 0.15) is 37.4 Å². The highest BCUT2D eigenvalue weighted by Gasteiger charge is 2.25. The summed E-state index contributed by atoms with van der Waals surface area (Å²) in [7, 11) is 1.49. The number of rotatable bonds is 4. The van der Waals surface area contributed by atoms with Crippen LogP contribution in [-0.4, -0.2) is 18.9 Å². The number of benzene rings is 4. The lowest BCUT2D eigenvalue weighted by atomic mass is 10.0. The molecule has 0 unspecified atom stereocenters. The molecule has 7 heteroatoms. The standard InChI is InChI=1S/C29H22Cl2N2O3/c1-36-27-15-20(10-13-25(27)32-28(34)23-12-11-22(30)16-24(23)31)29(35)33-17-21-8-3-2-6-18(21)14-19-7-4-5-9-26(19)33/h2-13,15-16H,14,17H2,1H3,(H,32,34). The highest BCUT2D eigenvalue weighted by atomic mass is 35.5. The van der Waals surface area contributed by atoms with Gasteiger partial charge in [-0.15, -0.1) is 0 Å². The lowest BCUT2D eigenvalue weighted by Crippen LogP contribution is -2.30. The number of hydrogen-bond donors (Lipinski definition) is 1. The second kappa shape index (κ2) is 10.1. The van der Waals surface area contributed by atoms with Gasteiger partial charge in [0.05, 0.1) is 29.9 Å². The summed E-state index contributed by atoms with van der Waals surface area (Å²) in [6.45, 7) is 0.460. The molecule has 1 N–H and O–H groups in total. The van der Waals surface area contributed by atoms with Crippen LogP contribution in [0.3, 0.4) is 0 Å². The smallest absolute Gasteiger partial charge is 0.258 e. The van der Waals surface area contributed by atoms with Gasteiger partial charge >= 0.3 is 0 Å². The predicted octanol–water partition coefficient (Wildman–Crippen LogP) is 7.01. The van der Waals surface area contributed by atoms with Crippen molar-refractivity contribution in [2.45, 2.75) is 13.0 Å². The van der Waals surface area contributed by atoms with Crippen molar-refractivity contribution >= 4 is 46.4 Å². The number of amides is 2. The highest BCUT2D eigenvalue weighted by Crippen LogP contribution is 2.33. The van der Waals surface area contributed by atoms with Crippen molar-refractivity contribution in [3.8, 4) is 5.75 Å². The summed E-state index contributed by atoms with van der Waals surface area (Å²) in [6, 6.07) is 25.8. The summed E-state index contributed by atoms with van der Waals surface area (Å²) in [5, 5.41) is 3.49. The Morgan fingerprint density at radius 2 is 1.58 bits per heavy atom. The molecular formula is C29H22Cl2N2O3. The highest BCUT2D eigenvalue weighted by molar-refractivity contribution is 6.37. The summed E-state index contributed by atoms with van der Waals surface area (Å²) in [5.41, 5.74) is 5.44. The number of nitrogens with zero attached hydrogens (tertiary/aromatic N) is 1. The van der Waals surface area contributed by atoms with E-state index >= 15 is 0 Å². The summed E-state index contributed by atoms with van der Waals surface area (Å²) < 4.78 is 5.52. The number of fused-ring (bicyclic) bond motifs is 2. The SMILES string of the molecule is COc1cc(C(=O)N2Cc3ccccc3Cc3ccccc32)ccc1NC(=O)c1ccc(Cl)cc1Cl. The molecule has 0 radical (unpaired) electrons. The Kier molecular flexibility index (Phi) is 6.68. The van der Waals surface area contributed by atoms with Crippen molar-refractivity contribution in [3.05, 3.63) is 123 Å². The number of ether oxygens (including phenoxy) is 1. The second-order valence-electron chi connectivity index (χ2n) is 8.46. The van der Waals surface area contributed by atoms with Crippen molar-refractivity contribution in [2.24, 2.45) is 0 Å². The monoisotopic (exact) mass is 516 g/mol. The molecule has 0 bridgehead atoms. The van der Waals surface area contributed by atoms with Gasteiger partial charge < -0.3 is 15.0 Å². The van der Waals surface area contributed by atoms with Crippen molar-refractivity contribution in [3.63, 3.8) is 0 Å². The first kappa shape index (κ1) is 23.9. The van der Waals surface area contributed by atoms with Gasteiger partial charge in [-0.1, -0.05) is 65.7 Å². The van der Waals surface area contributed by atoms with Crippen LogP contribution in [0.25, 0.3) is 0 Å². The van der Waals surface area contributed by atoms with E-state index in [4.69, 9.17) is 27.9 Å². The van der Waals surface area contributed by atoms with Crippen LogP contribution in [0.15, 0.2) is 84.9 Å². The van der Waals surface area contributed by atoms with E-state index in [-0.39, 0.29) is 16.5 Å². The van der Waals surface area contributed by atoms with Crippen molar-refractivity contribution in [1.29, 1.82) is 0 Å². The third-order valence-electron chi connectivity index (χ3n) is 6.23. The number of nitrogens with one attached hydrogen (secondary N) is 1. The first-order valence-corrected chi connectivity index (χ1v) is 12.1. The molecule has 1 aliphatic heterocycles. The van der Waals surface area contributed by atoms with Crippen LogP contribution in [0.4, 0.5) is 11.4 Å². The third-order valence-corrected chi connectivity index (χ3v) is 6.78. The fraction of sp³-hybridized carbons (Fsp3) is 0.103. The molecule has 0 atom stereocenters. The fourth-order valence-electron chi connectivity index (χ4n) is 4.40. The normalized spacial score (nSPS) is 12.2. The maximum Gasteiger partial charge on any atom is 0.258 e. The van der Waals surface area contributed by atoms with E-state index < -0.39 is 5.91 Å². The van der Waals surface area contributed by atoms with Crippen LogP contribution >= 0.6 is 23.2 Å². The number of para-hydroxylation sites is 1. The minimum Gasteiger partial charge on any atom is -0.495 e. The topological polar surface area (TPSA) is 58.6 Å². The van der Waals surface area contributed by atoms with E-state index in [0.717, 1.165) is 23.2 Å². The maximum absolute atomic E-state index is 13.8. The molecule has 0 fully saturated rings. The predicted molar refractivity (Wildman–Crippen MR) is 144 cm³/mol. The molecular weight excluding hydrogens is 495 g/mol. The molecule has 4 aromatic carbocycles. The zero-order valence-electron chi connectivity index (χ0n) is 19.4. The van der Waals surface area contributed by atoms with Gasteiger partial charge in [0.2, 0.25) is 0 Å². The zero-order chi connectivity index (χ0) is 25.2. The van der Waals surface area contributed by atoms with Crippen LogP contribution in [0, 0.1) is 0 Å². The zero-order valence-corrected chi connectivity index (χ0v) is 20.9. The number of anilines is 2. The quantitative estimate of drug-likeness (QED) is 0.317. The Hall–Kier alpha value is -3.80. The van der Waals surface area contributed by atoms with Gasteiger partial charge in [0.15, 0.2) is 0 Å². The second-order valence-corrected chi connectivity index (χ2v) is 9.30. The van der Waals surface area contributed by atoms with Crippen LogP contribution in [-0.2, 0) is 13.0 Å². The first-order chi connectivity index (χ1) is 17.4. The molecule has 36 heavy (non-hydrogen) atoms. The Bertz CT molecular complexity index is 1490. The molecule has 0 aliphatic carbocycles. The van der Waals surface area contributed by atoms with E-state index in [1.54, 1.807) is 35.2 Å². The Morgan fingerprint density at radius 1 is 0.861 bits per heavy atom. The number of carbonyl (C=O) groups excluding carboxylic acids is 2. The number of carbonyl (C=O) groups is 2. The van der Waals surface area contributed by atoms with Gasteiger partial charge in [-0.3, -0.25) is 9.59 Å². The van der Waals surface area contributed by atoms with E-state index in [0.29, 0.717) is 28.6 Å². The minimum atomic E-state index is -0.410. The van der Waals surface area contributed by atoms with Crippen molar-refractivity contribution in [1.82, 2.24) is 0 Å². The van der Waals surface area contributed by atoms with Crippen molar-refractivity contribution < 1.29 is 14.3 Å². The Morgan fingerprint density at radius 3 is 2.33 bits per heavy atom. The van der Waals surface area contributed by atoms with Gasteiger partial charge in [0.1, 0.15) is 5.75 Å². The van der Waals surface area contributed by atoms with Crippen LogP contribution in [0.5, 0.6) is 5.75 Å². The van der Waals surface area contributed by atoms with Gasteiger partial charge in [-0.05, 0) is 65.6 Å². The first-order valence-electron chi connectivity index (χ1n) is 11.4. The number of halogens is 2. The molecule has 5 rings (SSSR count). The summed E-state index contributed by atoms with van der Waals surface area (Å²) in [4.78, 5) is 28.4. The van der Waals surface area contributed by atoms with E-state index in [1.165, 1.54) is 18.7 Å². The lowest BCUT2D eigenvalue weighted by Gasteiger charge is -2.24. The molecule has 0 saturated heterocycles. The lowest BCUT2D eigenvalue weighted by molar-refractivity contribution is 0.0984. The molecule has 2 amide bonds. The largest absolute Gasteiger partial charge is 0.495 e. The average Bonchev–Trinajstić information content (AvgIpc) is 3.05. The van der Waals surface area contributed by atoms with Gasteiger partial charge in [-0.2, -0.15) is 0 Å². The molecule has 0 aromatic heterocycles. The Labute approximate surface area is 219 Å². The van der Waals surface area contributed by atoms with Gasteiger partial charge in [0.25, 0.3) is 11.8 Å². The molecule has 4 aromatic rings. The average molecular weight is 517 g/mol. The van der Waals surface area contributed by atoms with Crippen molar-refractivity contribution in [2.75, 3.05) is 17.3 Å². The molecule has 1 aliphatic rings. The molecule has 5 nitrogen and oxygen atoms in total. The maximum atomic E-state index is 13.8. The van der Waals surface area contributed by atoms with Gasteiger partial charge in [0, 0.05) is 16.3 Å².